The first kappa shape index (κ1) is 20.5. The molecule has 0 spiro atoms. The average Bonchev–Trinajstić information content (AvgIpc) is 2.80. The second kappa shape index (κ2) is 10.3. The van der Waals surface area contributed by atoms with Crippen molar-refractivity contribution in [2.75, 3.05) is 26.3 Å². The molecule has 1 aliphatic rings. The number of nitrogens with zero attached hydrogens (tertiary/aromatic N) is 1. The zero-order valence-electron chi connectivity index (χ0n) is 17.4. The van der Waals surface area contributed by atoms with E-state index in [1.54, 1.807) is 0 Å². The molecule has 0 radical (unpaired) electrons. The van der Waals surface area contributed by atoms with Gasteiger partial charge in [-0.05, 0) is 30.2 Å². The summed E-state index contributed by atoms with van der Waals surface area (Å²) in [6.45, 7) is 5.92. The Morgan fingerprint density at radius 3 is 2.30 bits per heavy atom. The minimum Gasteiger partial charge on any atom is -0.490 e. The van der Waals surface area contributed by atoms with Gasteiger partial charge in [0.05, 0.1) is 13.2 Å². The van der Waals surface area contributed by atoms with E-state index in [4.69, 9.17) is 14.2 Å². The van der Waals surface area contributed by atoms with Crippen LogP contribution in [0.5, 0.6) is 11.5 Å². The van der Waals surface area contributed by atoms with Crippen molar-refractivity contribution in [3.8, 4) is 11.5 Å². The molecule has 156 valence electrons. The summed E-state index contributed by atoms with van der Waals surface area (Å²) in [5, 5.41) is 0. The zero-order chi connectivity index (χ0) is 20.6. The van der Waals surface area contributed by atoms with E-state index in [-0.39, 0.29) is 12.2 Å². The van der Waals surface area contributed by atoms with Crippen LogP contribution in [0.4, 0.5) is 0 Å². The van der Waals surface area contributed by atoms with E-state index >= 15 is 0 Å². The topological polar surface area (TPSA) is 30.9 Å². The Labute approximate surface area is 179 Å². The monoisotopic (exact) mass is 403 g/mol. The summed E-state index contributed by atoms with van der Waals surface area (Å²) in [5.41, 5.74) is 2.42. The first-order valence-corrected chi connectivity index (χ1v) is 10.6. The summed E-state index contributed by atoms with van der Waals surface area (Å²) in [6.07, 6.45) is -0.286. The second-order valence-corrected chi connectivity index (χ2v) is 7.46. The van der Waals surface area contributed by atoms with Gasteiger partial charge in [-0.3, -0.25) is 4.90 Å². The van der Waals surface area contributed by atoms with Gasteiger partial charge in [0.2, 0.25) is 0 Å². The molecule has 0 aromatic heterocycles. The molecule has 4 heteroatoms. The summed E-state index contributed by atoms with van der Waals surface area (Å²) < 4.78 is 18.6. The second-order valence-electron chi connectivity index (χ2n) is 7.46. The van der Waals surface area contributed by atoms with E-state index in [1.165, 1.54) is 5.56 Å². The van der Waals surface area contributed by atoms with Gasteiger partial charge in [-0.2, -0.15) is 0 Å². The quantitative estimate of drug-likeness (QED) is 0.523. The maximum absolute atomic E-state index is 6.55. The summed E-state index contributed by atoms with van der Waals surface area (Å²) in [4.78, 5) is 2.44. The maximum atomic E-state index is 6.55. The van der Waals surface area contributed by atoms with E-state index in [0.717, 1.165) is 36.7 Å². The highest BCUT2D eigenvalue weighted by Crippen LogP contribution is 2.34. The first-order chi connectivity index (χ1) is 14.8. The van der Waals surface area contributed by atoms with Gasteiger partial charge in [-0.1, -0.05) is 72.8 Å². The number of hydrogen-bond donors (Lipinski definition) is 0. The van der Waals surface area contributed by atoms with Gasteiger partial charge in [0, 0.05) is 19.6 Å². The summed E-state index contributed by atoms with van der Waals surface area (Å²) in [6, 6.07) is 28.8. The molecule has 3 aromatic carbocycles. The predicted molar refractivity (Wildman–Crippen MR) is 119 cm³/mol. The van der Waals surface area contributed by atoms with E-state index in [1.807, 2.05) is 49.4 Å². The van der Waals surface area contributed by atoms with E-state index in [0.29, 0.717) is 13.2 Å². The largest absolute Gasteiger partial charge is 0.490 e. The van der Waals surface area contributed by atoms with Crippen LogP contribution in [0.25, 0.3) is 0 Å². The van der Waals surface area contributed by atoms with Gasteiger partial charge >= 0.3 is 0 Å². The molecule has 0 amide bonds. The van der Waals surface area contributed by atoms with Crippen LogP contribution in [0.2, 0.25) is 0 Å². The highest BCUT2D eigenvalue weighted by Gasteiger charge is 2.31. The van der Waals surface area contributed by atoms with Crippen molar-refractivity contribution in [3.05, 3.63) is 96.1 Å². The van der Waals surface area contributed by atoms with Gasteiger partial charge in [-0.15, -0.1) is 0 Å². The third kappa shape index (κ3) is 5.21. The molecule has 0 N–H and O–H groups in total. The summed E-state index contributed by atoms with van der Waals surface area (Å²) >= 11 is 0. The lowest BCUT2D eigenvalue weighted by atomic mass is 10.0. The molecule has 1 aliphatic heterocycles. The van der Waals surface area contributed by atoms with Crippen molar-refractivity contribution >= 4 is 0 Å². The van der Waals surface area contributed by atoms with Crippen LogP contribution < -0.4 is 9.47 Å². The average molecular weight is 404 g/mol. The van der Waals surface area contributed by atoms with Crippen LogP contribution in [0.3, 0.4) is 0 Å². The number of rotatable bonds is 8. The van der Waals surface area contributed by atoms with Gasteiger partial charge in [0.25, 0.3) is 0 Å². The Hall–Kier alpha value is -2.82. The minimum atomic E-state index is -0.216. The molecule has 0 saturated carbocycles. The van der Waals surface area contributed by atoms with E-state index in [9.17, 15) is 0 Å². The van der Waals surface area contributed by atoms with Crippen LogP contribution in [0.1, 0.15) is 24.2 Å². The van der Waals surface area contributed by atoms with Crippen molar-refractivity contribution in [3.63, 3.8) is 0 Å². The normalized spacial score (nSPS) is 18.0. The Morgan fingerprint density at radius 1 is 0.900 bits per heavy atom. The number of morpholine rings is 1. The molecule has 4 rings (SSSR count). The third-order valence-electron chi connectivity index (χ3n) is 5.30. The summed E-state index contributed by atoms with van der Waals surface area (Å²) in [5.74, 6) is 1.51. The SMILES string of the molecule is CCOc1ccccc1O[C@@H](c1ccccc1)[C@@H]1CN(Cc2ccccc2)CCO1. The molecule has 0 aliphatic carbocycles. The molecule has 4 nitrogen and oxygen atoms in total. The molecule has 0 bridgehead atoms. The first-order valence-electron chi connectivity index (χ1n) is 10.6. The van der Waals surface area contributed by atoms with Gasteiger partial charge in [0.1, 0.15) is 6.10 Å². The summed E-state index contributed by atoms with van der Waals surface area (Å²) in [7, 11) is 0. The van der Waals surface area contributed by atoms with E-state index < -0.39 is 0 Å². The molecule has 3 aromatic rings. The highest BCUT2D eigenvalue weighted by atomic mass is 16.6. The molecule has 2 atom stereocenters. The van der Waals surface area contributed by atoms with Crippen LogP contribution in [0, 0.1) is 0 Å². The fourth-order valence-corrected chi connectivity index (χ4v) is 3.86. The number of hydrogen-bond acceptors (Lipinski definition) is 4. The van der Waals surface area contributed by atoms with Crippen molar-refractivity contribution in [1.29, 1.82) is 0 Å². The number of para-hydroxylation sites is 2. The standard InChI is InChI=1S/C26H29NO3/c1-2-28-23-15-9-10-16-24(23)30-26(22-13-7-4-8-14-22)25-20-27(17-18-29-25)19-21-11-5-3-6-12-21/h3-16,25-26H,2,17-20H2,1H3/t25-,26-/m0/s1. The Bertz CT molecular complexity index is 900. The Balaban J connectivity index is 1.55. The maximum Gasteiger partial charge on any atom is 0.162 e. The molecular weight excluding hydrogens is 374 g/mol. The molecule has 30 heavy (non-hydrogen) atoms. The predicted octanol–water partition coefficient (Wildman–Crippen LogP) is 5.11. The molecular formula is C26H29NO3. The highest BCUT2D eigenvalue weighted by molar-refractivity contribution is 5.40. The van der Waals surface area contributed by atoms with Crippen molar-refractivity contribution in [2.24, 2.45) is 0 Å². The Kier molecular flexibility index (Phi) is 7.01. The van der Waals surface area contributed by atoms with Crippen LogP contribution in [-0.4, -0.2) is 37.3 Å². The lowest BCUT2D eigenvalue weighted by Crippen LogP contribution is -2.45. The molecule has 1 heterocycles. The van der Waals surface area contributed by atoms with Crippen molar-refractivity contribution in [1.82, 2.24) is 4.90 Å². The molecule has 1 fully saturated rings. The number of benzene rings is 3. The van der Waals surface area contributed by atoms with Gasteiger partial charge < -0.3 is 14.2 Å². The Morgan fingerprint density at radius 2 is 1.57 bits per heavy atom. The molecule has 1 saturated heterocycles. The van der Waals surface area contributed by atoms with Crippen LogP contribution >= 0.6 is 0 Å². The zero-order valence-corrected chi connectivity index (χ0v) is 17.4. The fraction of sp³-hybridized carbons (Fsp3) is 0.308. The third-order valence-corrected chi connectivity index (χ3v) is 5.30. The lowest BCUT2D eigenvalue weighted by molar-refractivity contribution is -0.0843. The van der Waals surface area contributed by atoms with Gasteiger partial charge in [-0.25, -0.2) is 0 Å². The van der Waals surface area contributed by atoms with Crippen LogP contribution in [-0.2, 0) is 11.3 Å². The lowest BCUT2D eigenvalue weighted by Gasteiger charge is -2.37. The smallest absolute Gasteiger partial charge is 0.162 e. The van der Waals surface area contributed by atoms with Crippen LogP contribution in [0.15, 0.2) is 84.9 Å². The van der Waals surface area contributed by atoms with Gasteiger partial charge in [0.15, 0.2) is 17.6 Å². The van der Waals surface area contributed by atoms with E-state index in [2.05, 4.69) is 47.4 Å². The molecule has 0 unspecified atom stereocenters. The van der Waals surface area contributed by atoms with Crippen molar-refractivity contribution in [2.45, 2.75) is 25.7 Å². The number of ether oxygens (including phenoxy) is 3. The van der Waals surface area contributed by atoms with Crippen molar-refractivity contribution < 1.29 is 14.2 Å². The fourth-order valence-electron chi connectivity index (χ4n) is 3.86. The minimum absolute atomic E-state index is 0.0699.